The summed E-state index contributed by atoms with van der Waals surface area (Å²) in [6.07, 6.45) is 0. The van der Waals surface area contributed by atoms with E-state index >= 15 is 0 Å². The van der Waals surface area contributed by atoms with Crippen molar-refractivity contribution in [1.82, 2.24) is 0 Å². The molecular weight excluding hydrogens is 160 g/mol. The smallest absolute Gasteiger partial charge is 1.00 e. The van der Waals surface area contributed by atoms with Crippen molar-refractivity contribution >= 4 is 48.1 Å². The minimum atomic E-state index is -4.17. The molecule has 6 heteroatoms. The van der Waals surface area contributed by atoms with Gasteiger partial charge in [-0.25, -0.2) is 4.18 Å². The van der Waals surface area contributed by atoms with E-state index in [1.54, 1.807) is 0 Å². The van der Waals surface area contributed by atoms with Gasteiger partial charge in [0.2, 0.25) is 0 Å². The second-order valence-corrected chi connectivity index (χ2v) is 1.93. The minimum Gasteiger partial charge on any atom is -1.00 e. The Morgan fingerprint density at radius 1 is 1.75 bits per heavy atom. The summed E-state index contributed by atoms with van der Waals surface area (Å²) in [6, 6.07) is 0. The van der Waals surface area contributed by atoms with Crippen LogP contribution in [0.4, 0.5) is 0 Å². The van der Waals surface area contributed by atoms with Gasteiger partial charge in [0.25, 0.3) is 0 Å². The van der Waals surface area contributed by atoms with Gasteiger partial charge in [-0.2, -0.15) is 8.42 Å². The first-order valence-electron chi connectivity index (χ1n) is 1.68. The van der Waals surface area contributed by atoms with Crippen molar-refractivity contribution in [3.05, 3.63) is 0 Å². The molecule has 0 saturated heterocycles. The van der Waals surface area contributed by atoms with Crippen molar-refractivity contribution in [2.75, 3.05) is 6.61 Å². The summed E-state index contributed by atoms with van der Waals surface area (Å²) in [5.74, 6) is 0. The maximum atomic E-state index is 9.56. The van der Waals surface area contributed by atoms with Crippen LogP contribution < -0.4 is 0 Å². The van der Waals surface area contributed by atoms with Crippen LogP contribution in [0, 0.1) is 0 Å². The van der Waals surface area contributed by atoms with Crippen LogP contribution in [0.15, 0.2) is 0 Å². The van der Waals surface area contributed by atoms with Gasteiger partial charge < -0.3 is 2.85 Å². The van der Waals surface area contributed by atoms with Gasteiger partial charge in [-0.05, 0) is 6.92 Å². The normalized spacial score (nSPS) is 10.2. The predicted molar refractivity (Wildman–Crippen MR) is 31.2 cm³/mol. The molecule has 0 unspecified atom stereocenters. The number of rotatable bonds is 2. The molecule has 0 radical (unpaired) electrons. The molecule has 0 atom stereocenters. The Balaban J connectivity index is -0.0000000600. The van der Waals surface area contributed by atoms with E-state index in [4.69, 9.17) is 4.55 Å². The average molecular weight is 168 g/mol. The standard InChI is InChI=1S/C2H6O4S.Ca.2H/c1-2-6-7(3,4)5;;;/h2H2,1H3,(H,3,4,5);;;/q;+2;2*-1. The monoisotopic (exact) mass is 168 g/mol. The molecule has 0 amide bonds. The molecule has 0 aliphatic carbocycles. The fraction of sp³-hybridized carbons (Fsp3) is 1.00. The molecule has 0 aromatic rings. The predicted octanol–water partition coefficient (Wildman–Crippen LogP) is -0.330. The molecule has 0 bridgehead atoms. The first-order valence-corrected chi connectivity index (χ1v) is 3.04. The Hall–Kier alpha value is 1.13. The summed E-state index contributed by atoms with van der Waals surface area (Å²) in [7, 11) is -4.17. The van der Waals surface area contributed by atoms with Crippen LogP contribution in [-0.4, -0.2) is 57.3 Å². The van der Waals surface area contributed by atoms with Crippen LogP contribution in [-0.2, 0) is 14.6 Å². The zero-order chi connectivity index (χ0) is 5.91. The molecular formula is C2H8CaO4S. The molecule has 0 aromatic carbocycles. The van der Waals surface area contributed by atoms with Gasteiger partial charge in [-0.3, -0.25) is 4.55 Å². The van der Waals surface area contributed by atoms with Crippen LogP contribution in [0.25, 0.3) is 0 Å². The van der Waals surface area contributed by atoms with E-state index in [2.05, 4.69) is 4.18 Å². The van der Waals surface area contributed by atoms with E-state index in [1.165, 1.54) is 6.92 Å². The Morgan fingerprint density at radius 3 is 2.12 bits per heavy atom. The van der Waals surface area contributed by atoms with Gasteiger partial charge in [-0.15, -0.1) is 0 Å². The fourth-order valence-corrected chi connectivity index (χ4v) is 0.447. The molecule has 48 valence electrons. The molecule has 8 heavy (non-hydrogen) atoms. The van der Waals surface area contributed by atoms with Crippen LogP contribution >= 0.6 is 0 Å². The third-order valence-electron chi connectivity index (χ3n) is 0.267. The van der Waals surface area contributed by atoms with Crippen molar-refractivity contribution < 1.29 is 20.0 Å². The van der Waals surface area contributed by atoms with Crippen molar-refractivity contribution in [2.45, 2.75) is 6.92 Å². The van der Waals surface area contributed by atoms with Crippen LogP contribution in [0.3, 0.4) is 0 Å². The zero-order valence-electron chi connectivity index (χ0n) is 6.49. The summed E-state index contributed by atoms with van der Waals surface area (Å²) in [5.41, 5.74) is 0. The topological polar surface area (TPSA) is 63.6 Å². The maximum absolute atomic E-state index is 9.56. The molecule has 0 aliphatic rings. The van der Waals surface area contributed by atoms with Crippen molar-refractivity contribution in [3.8, 4) is 0 Å². The summed E-state index contributed by atoms with van der Waals surface area (Å²) >= 11 is 0. The SMILES string of the molecule is CCOS(=O)(=O)O.[Ca+2].[H-].[H-]. The Morgan fingerprint density at radius 2 is 2.12 bits per heavy atom. The first-order chi connectivity index (χ1) is 3.06. The Bertz CT molecular complexity index is 134. The molecule has 0 aliphatic heterocycles. The van der Waals surface area contributed by atoms with E-state index in [0.29, 0.717) is 0 Å². The molecule has 4 nitrogen and oxygen atoms in total. The maximum Gasteiger partial charge on any atom is 2.00 e. The molecule has 1 N–H and O–H groups in total. The first kappa shape index (κ1) is 11.9. The summed E-state index contributed by atoms with van der Waals surface area (Å²) in [5, 5.41) is 0. The second kappa shape index (κ2) is 4.96. The van der Waals surface area contributed by atoms with E-state index in [9.17, 15) is 8.42 Å². The van der Waals surface area contributed by atoms with E-state index in [-0.39, 0.29) is 47.2 Å². The van der Waals surface area contributed by atoms with E-state index in [1.807, 2.05) is 0 Å². The zero-order valence-corrected chi connectivity index (χ0v) is 7.52. The largest absolute Gasteiger partial charge is 2.00 e. The van der Waals surface area contributed by atoms with Crippen LogP contribution in [0.5, 0.6) is 0 Å². The Labute approximate surface area is 81.1 Å². The molecule has 0 rings (SSSR count). The van der Waals surface area contributed by atoms with E-state index < -0.39 is 10.4 Å². The van der Waals surface area contributed by atoms with Gasteiger partial charge in [-0.1, -0.05) is 0 Å². The minimum absolute atomic E-state index is 0. The summed E-state index contributed by atoms with van der Waals surface area (Å²) in [4.78, 5) is 0. The number of hydrogen-bond acceptors (Lipinski definition) is 3. The molecule has 0 saturated carbocycles. The second-order valence-electron chi connectivity index (χ2n) is 0.834. The van der Waals surface area contributed by atoms with Crippen LogP contribution in [0.2, 0.25) is 0 Å². The molecule has 0 heterocycles. The van der Waals surface area contributed by atoms with Gasteiger partial charge in [0.05, 0.1) is 6.61 Å². The third-order valence-corrected chi connectivity index (χ3v) is 0.800. The van der Waals surface area contributed by atoms with E-state index in [0.717, 1.165) is 0 Å². The van der Waals surface area contributed by atoms with Gasteiger partial charge in [0.1, 0.15) is 0 Å². The number of hydrogen-bond donors (Lipinski definition) is 1. The van der Waals surface area contributed by atoms with Gasteiger partial charge >= 0.3 is 48.1 Å². The molecule has 0 aromatic heterocycles. The van der Waals surface area contributed by atoms with Gasteiger partial charge in [0.15, 0.2) is 0 Å². The molecule has 0 spiro atoms. The summed E-state index contributed by atoms with van der Waals surface area (Å²) in [6.45, 7) is 1.44. The quantitative estimate of drug-likeness (QED) is 0.453. The van der Waals surface area contributed by atoms with Crippen LogP contribution in [0.1, 0.15) is 9.78 Å². The molecule has 0 fully saturated rings. The average Bonchev–Trinajstić information content (AvgIpc) is 1.30. The van der Waals surface area contributed by atoms with Crippen molar-refractivity contribution in [3.63, 3.8) is 0 Å². The van der Waals surface area contributed by atoms with Crippen molar-refractivity contribution in [1.29, 1.82) is 0 Å². The van der Waals surface area contributed by atoms with Crippen molar-refractivity contribution in [2.24, 2.45) is 0 Å². The summed E-state index contributed by atoms with van der Waals surface area (Å²) < 4.78 is 30.7. The third kappa shape index (κ3) is 10.2. The van der Waals surface area contributed by atoms with Gasteiger partial charge in [0, 0.05) is 0 Å². The Kier molecular flexibility index (Phi) is 7.36. The fourth-order valence-electron chi connectivity index (χ4n) is 0.149.